The molecule has 1 aromatic rings. The molecule has 2 rings (SSSR count). The topological polar surface area (TPSA) is 46.9 Å². The van der Waals surface area contributed by atoms with Gasteiger partial charge in [0, 0.05) is 29.9 Å². The Bertz CT molecular complexity index is 699. The number of hydrogen-bond donors (Lipinski definition) is 1. The summed E-state index contributed by atoms with van der Waals surface area (Å²) in [7, 11) is 0. The number of terminal acetylenes is 1. The van der Waals surface area contributed by atoms with Crippen LogP contribution in [0.1, 0.15) is 63.8 Å². The van der Waals surface area contributed by atoms with Crippen LogP contribution in [0.2, 0.25) is 0 Å². The summed E-state index contributed by atoms with van der Waals surface area (Å²) >= 11 is 0. The van der Waals surface area contributed by atoms with Crippen molar-refractivity contribution in [1.82, 2.24) is 9.55 Å². The van der Waals surface area contributed by atoms with Gasteiger partial charge in [-0.05, 0) is 49.8 Å². The number of anilines is 1. The van der Waals surface area contributed by atoms with Crippen LogP contribution in [0.4, 0.5) is 5.95 Å². The molecule has 1 amide bonds. The summed E-state index contributed by atoms with van der Waals surface area (Å²) in [5.74, 6) is 3.24. The molecule has 1 N–H and O–H groups in total. The third-order valence-electron chi connectivity index (χ3n) is 4.02. The lowest BCUT2D eigenvalue weighted by atomic mass is 9.92. The molecule has 1 aliphatic carbocycles. The van der Waals surface area contributed by atoms with Crippen molar-refractivity contribution in [3.63, 3.8) is 0 Å². The fourth-order valence-corrected chi connectivity index (χ4v) is 2.56. The molecule has 1 aromatic heterocycles. The Morgan fingerprint density at radius 1 is 1.38 bits per heavy atom. The lowest BCUT2D eigenvalue weighted by Gasteiger charge is -2.29. The zero-order valence-corrected chi connectivity index (χ0v) is 15.1. The minimum absolute atomic E-state index is 0.0175. The van der Waals surface area contributed by atoms with Crippen LogP contribution < -0.4 is 5.32 Å². The van der Waals surface area contributed by atoms with Gasteiger partial charge < -0.3 is 4.57 Å². The fourth-order valence-electron chi connectivity index (χ4n) is 2.56. The Kier molecular flexibility index (Phi) is 5.66. The van der Waals surface area contributed by atoms with Crippen LogP contribution in [0.15, 0.2) is 24.4 Å². The smallest absolute Gasteiger partial charge is 0.227 e. The number of nitrogens with one attached hydrogen (secondary N) is 1. The van der Waals surface area contributed by atoms with E-state index in [0.29, 0.717) is 18.4 Å². The summed E-state index contributed by atoms with van der Waals surface area (Å²) in [6, 6.07) is 6.01. The van der Waals surface area contributed by atoms with Crippen molar-refractivity contribution in [1.29, 1.82) is 0 Å². The third kappa shape index (κ3) is 5.13. The number of rotatable bonds is 3. The van der Waals surface area contributed by atoms with Crippen LogP contribution in [0, 0.1) is 24.7 Å². The Morgan fingerprint density at radius 3 is 2.62 bits per heavy atom. The van der Waals surface area contributed by atoms with Crippen molar-refractivity contribution >= 4 is 11.9 Å². The molecule has 1 heterocycles. The SMILES string of the molecule is C#Cc1ccc(C)nc(NC(=O)CC(C)(C)C)n(C2CCC2)cc1. The molecular weight excluding hydrogens is 298 g/mol. The third-order valence-corrected chi connectivity index (χ3v) is 4.02. The Hall–Kier alpha value is -2.28. The molecule has 0 unspecified atom stereocenters. The average molecular weight is 325 g/mol. The highest BCUT2D eigenvalue weighted by atomic mass is 16.1. The molecule has 4 nitrogen and oxygen atoms in total. The van der Waals surface area contributed by atoms with E-state index in [1.54, 1.807) is 0 Å². The average Bonchev–Trinajstić information content (AvgIpc) is 2.46. The van der Waals surface area contributed by atoms with E-state index in [2.05, 4.69) is 41.6 Å². The van der Waals surface area contributed by atoms with Gasteiger partial charge in [0.1, 0.15) is 0 Å². The van der Waals surface area contributed by atoms with Gasteiger partial charge in [-0.15, -0.1) is 6.42 Å². The first-order valence-corrected chi connectivity index (χ1v) is 8.49. The van der Waals surface area contributed by atoms with E-state index >= 15 is 0 Å². The molecule has 1 aliphatic rings. The maximum atomic E-state index is 12.4. The Labute approximate surface area is 145 Å². The van der Waals surface area contributed by atoms with Crippen LogP contribution >= 0.6 is 0 Å². The van der Waals surface area contributed by atoms with Crippen LogP contribution in [0.3, 0.4) is 0 Å². The summed E-state index contributed by atoms with van der Waals surface area (Å²) in [5, 5.41) is 3.00. The first-order valence-electron chi connectivity index (χ1n) is 8.49. The number of nitrogens with zero attached hydrogens (tertiary/aromatic N) is 2. The first kappa shape index (κ1) is 18.1. The molecule has 24 heavy (non-hydrogen) atoms. The van der Waals surface area contributed by atoms with Crippen LogP contribution in [0.25, 0.3) is 0 Å². The van der Waals surface area contributed by atoms with Gasteiger partial charge in [0.05, 0.1) is 0 Å². The predicted octanol–water partition coefficient (Wildman–Crippen LogP) is 4.40. The highest BCUT2D eigenvalue weighted by Gasteiger charge is 2.22. The molecule has 0 saturated heterocycles. The van der Waals surface area contributed by atoms with Gasteiger partial charge in [0.15, 0.2) is 0 Å². The maximum Gasteiger partial charge on any atom is 0.227 e. The molecule has 1 fully saturated rings. The molecule has 0 aliphatic heterocycles. The summed E-state index contributed by atoms with van der Waals surface area (Å²) in [6.45, 7) is 8.06. The lowest BCUT2D eigenvalue weighted by Crippen LogP contribution is -2.25. The van der Waals surface area contributed by atoms with Crippen molar-refractivity contribution in [3.8, 4) is 12.3 Å². The quantitative estimate of drug-likeness (QED) is 0.837. The standard InChI is InChI=1S/C20H27N3O/c1-6-16-11-10-15(2)21-19(22-18(24)14-20(3,4)5)23(13-12-16)17-8-7-9-17/h1,10-13,17H,7-9,14H2,2-5H3,(H,21,22,24). The zero-order chi connectivity index (χ0) is 17.7. The number of aromatic nitrogens is 2. The van der Waals surface area contributed by atoms with E-state index in [1.807, 2.05) is 31.3 Å². The summed E-state index contributed by atoms with van der Waals surface area (Å²) in [6.07, 6.45) is 11.3. The number of carbonyl (C=O) groups is 1. The normalized spacial score (nSPS) is 14.3. The van der Waals surface area contributed by atoms with E-state index < -0.39 is 0 Å². The van der Waals surface area contributed by atoms with Gasteiger partial charge in [0.2, 0.25) is 11.9 Å². The predicted molar refractivity (Wildman–Crippen MR) is 98.1 cm³/mol. The van der Waals surface area contributed by atoms with Crippen LogP contribution in [-0.2, 0) is 4.79 Å². The van der Waals surface area contributed by atoms with E-state index in [4.69, 9.17) is 6.42 Å². The van der Waals surface area contributed by atoms with Gasteiger partial charge in [-0.2, -0.15) is 0 Å². The molecule has 0 spiro atoms. The minimum atomic E-state index is -0.0661. The first-order chi connectivity index (χ1) is 11.3. The second-order valence-electron chi connectivity index (χ2n) is 7.60. The Morgan fingerprint density at radius 2 is 2.08 bits per heavy atom. The molecule has 0 atom stereocenters. The number of aryl methyl sites for hydroxylation is 1. The highest BCUT2D eigenvalue weighted by Crippen LogP contribution is 2.33. The largest absolute Gasteiger partial charge is 0.316 e. The van der Waals surface area contributed by atoms with Crippen molar-refractivity contribution in [3.05, 3.63) is 35.7 Å². The van der Waals surface area contributed by atoms with E-state index in [9.17, 15) is 4.79 Å². The second kappa shape index (κ2) is 7.53. The number of carbonyl (C=O) groups excluding carboxylic acids is 1. The fraction of sp³-hybridized carbons (Fsp3) is 0.500. The van der Waals surface area contributed by atoms with Crippen molar-refractivity contribution < 1.29 is 4.79 Å². The lowest BCUT2D eigenvalue weighted by molar-refractivity contribution is -0.117. The van der Waals surface area contributed by atoms with Gasteiger partial charge in [-0.25, -0.2) is 4.98 Å². The molecule has 4 heteroatoms. The van der Waals surface area contributed by atoms with Gasteiger partial charge in [-0.1, -0.05) is 26.7 Å². The van der Waals surface area contributed by atoms with Gasteiger partial charge in [-0.3, -0.25) is 10.1 Å². The molecule has 128 valence electrons. The Balaban J connectivity index is 2.47. The van der Waals surface area contributed by atoms with Gasteiger partial charge in [0.25, 0.3) is 0 Å². The van der Waals surface area contributed by atoms with Crippen LogP contribution in [-0.4, -0.2) is 15.5 Å². The second-order valence-corrected chi connectivity index (χ2v) is 7.60. The molecule has 1 saturated carbocycles. The van der Waals surface area contributed by atoms with Crippen molar-refractivity contribution in [2.45, 2.75) is 59.4 Å². The van der Waals surface area contributed by atoms with Gasteiger partial charge >= 0.3 is 0 Å². The molecule has 0 radical (unpaired) electrons. The minimum Gasteiger partial charge on any atom is -0.316 e. The summed E-state index contributed by atoms with van der Waals surface area (Å²) < 4.78 is 2.05. The van der Waals surface area contributed by atoms with E-state index in [1.165, 1.54) is 6.42 Å². The zero-order valence-electron chi connectivity index (χ0n) is 15.1. The summed E-state index contributed by atoms with van der Waals surface area (Å²) in [5.41, 5.74) is 1.53. The number of amides is 1. The maximum absolute atomic E-state index is 12.4. The number of hydrogen-bond acceptors (Lipinski definition) is 2. The highest BCUT2D eigenvalue weighted by molar-refractivity contribution is 5.89. The van der Waals surface area contributed by atoms with Crippen molar-refractivity contribution in [2.24, 2.45) is 5.41 Å². The molecule has 0 aromatic carbocycles. The van der Waals surface area contributed by atoms with E-state index in [0.717, 1.165) is 24.1 Å². The molecular formula is C20H27N3O. The van der Waals surface area contributed by atoms with E-state index in [-0.39, 0.29) is 11.3 Å². The monoisotopic (exact) mass is 325 g/mol. The molecule has 0 bridgehead atoms. The van der Waals surface area contributed by atoms with Crippen LogP contribution in [0.5, 0.6) is 0 Å². The summed E-state index contributed by atoms with van der Waals surface area (Å²) in [4.78, 5) is 17.0. The van der Waals surface area contributed by atoms with Crippen molar-refractivity contribution in [2.75, 3.05) is 5.32 Å².